The molecule has 2 saturated heterocycles. The van der Waals surface area contributed by atoms with Crippen molar-refractivity contribution < 1.29 is 31.9 Å². The lowest BCUT2D eigenvalue weighted by Gasteiger charge is -2.59. The van der Waals surface area contributed by atoms with Crippen LogP contribution in [0.4, 0.5) is 23.2 Å². The molecule has 4 rings (SSSR count). The van der Waals surface area contributed by atoms with Gasteiger partial charge in [-0.3, -0.25) is 19.3 Å². The van der Waals surface area contributed by atoms with Crippen LogP contribution in [0.15, 0.2) is 42.5 Å². The van der Waals surface area contributed by atoms with Crippen molar-refractivity contribution in [2.24, 2.45) is 0 Å². The van der Waals surface area contributed by atoms with Gasteiger partial charge < -0.3 is 9.80 Å². The number of hydrogen-bond acceptors (Lipinski definition) is 3. The molecule has 0 radical (unpaired) electrons. The van der Waals surface area contributed by atoms with Crippen molar-refractivity contribution >= 4 is 35.0 Å². The zero-order valence-corrected chi connectivity index (χ0v) is 19.0. The minimum atomic E-state index is -4.51. The highest BCUT2D eigenvalue weighted by molar-refractivity contribution is 6.30. The van der Waals surface area contributed by atoms with Crippen molar-refractivity contribution in [3.63, 3.8) is 0 Å². The van der Waals surface area contributed by atoms with Crippen molar-refractivity contribution in [3.8, 4) is 0 Å². The summed E-state index contributed by atoms with van der Waals surface area (Å²) in [5.41, 5.74) is -2.05. The molecule has 2 heterocycles. The highest BCUT2D eigenvalue weighted by Crippen LogP contribution is 2.41. The number of hydrogen-bond donors (Lipinski definition) is 0. The summed E-state index contributed by atoms with van der Waals surface area (Å²) in [5, 5.41) is 0.121. The molecule has 0 aliphatic carbocycles. The molecule has 0 aromatic heterocycles. The van der Waals surface area contributed by atoms with Gasteiger partial charge in [0, 0.05) is 11.9 Å². The maximum atomic E-state index is 14.6. The lowest BCUT2D eigenvalue weighted by atomic mass is 9.81. The molecule has 2 aliphatic heterocycles. The van der Waals surface area contributed by atoms with Crippen LogP contribution >= 0.6 is 11.6 Å². The molecule has 3 amide bonds. The van der Waals surface area contributed by atoms with Gasteiger partial charge in [-0.05, 0) is 42.8 Å². The normalized spacial score (nSPS) is 18.9. The quantitative estimate of drug-likeness (QED) is 0.602. The standard InChI is InChI=1S/C23H20ClF4N3O3/c1-13(15-3-5-16(6-4-15)23(26,27)28)31-20(33)10-30(19-8-7-17(24)9-18(19)25)21(34)22(31)11-29(12-22)14(2)32/h3-9,13H,10-12H2,1-2H3. The van der Waals surface area contributed by atoms with Crippen molar-refractivity contribution in [3.05, 3.63) is 64.4 Å². The molecule has 11 heteroatoms. The van der Waals surface area contributed by atoms with Crippen molar-refractivity contribution in [2.45, 2.75) is 31.6 Å². The summed E-state index contributed by atoms with van der Waals surface area (Å²) in [6.45, 7) is 2.24. The molecular weight excluding hydrogens is 478 g/mol. The molecule has 34 heavy (non-hydrogen) atoms. The summed E-state index contributed by atoms with van der Waals surface area (Å²) in [5.74, 6) is -2.19. The molecule has 2 fully saturated rings. The minimum Gasteiger partial charge on any atom is -0.337 e. The van der Waals surface area contributed by atoms with Gasteiger partial charge in [-0.25, -0.2) is 4.39 Å². The first-order valence-corrected chi connectivity index (χ1v) is 10.7. The van der Waals surface area contributed by atoms with E-state index in [1.54, 1.807) is 6.92 Å². The third-order valence-electron chi connectivity index (χ3n) is 6.32. The second kappa shape index (κ2) is 8.26. The Morgan fingerprint density at radius 3 is 2.24 bits per heavy atom. The molecule has 180 valence electrons. The number of likely N-dealkylation sites (tertiary alicyclic amines) is 1. The van der Waals surface area contributed by atoms with E-state index >= 15 is 0 Å². The van der Waals surface area contributed by atoms with E-state index in [0.29, 0.717) is 5.56 Å². The van der Waals surface area contributed by atoms with Gasteiger partial charge in [0.25, 0.3) is 5.91 Å². The Morgan fingerprint density at radius 2 is 1.71 bits per heavy atom. The zero-order chi connectivity index (χ0) is 25.0. The van der Waals surface area contributed by atoms with Crippen LogP contribution in [0.1, 0.15) is 31.0 Å². The number of nitrogens with zero attached hydrogens (tertiary/aromatic N) is 3. The molecule has 1 atom stereocenters. The number of rotatable bonds is 3. The maximum Gasteiger partial charge on any atom is 0.416 e. The Labute approximate surface area is 197 Å². The van der Waals surface area contributed by atoms with E-state index in [-0.39, 0.29) is 29.7 Å². The monoisotopic (exact) mass is 497 g/mol. The van der Waals surface area contributed by atoms with E-state index in [2.05, 4.69) is 0 Å². The number of piperazine rings is 1. The van der Waals surface area contributed by atoms with Crippen molar-refractivity contribution in [1.82, 2.24) is 9.80 Å². The topological polar surface area (TPSA) is 60.9 Å². The van der Waals surface area contributed by atoms with Gasteiger partial charge in [-0.15, -0.1) is 0 Å². The third kappa shape index (κ3) is 3.89. The average Bonchev–Trinajstić information content (AvgIpc) is 2.72. The lowest BCUT2D eigenvalue weighted by molar-refractivity contribution is -0.172. The first kappa shape index (κ1) is 24.0. The molecule has 2 aromatic rings. The highest BCUT2D eigenvalue weighted by atomic mass is 35.5. The van der Waals surface area contributed by atoms with E-state index in [0.717, 1.165) is 23.1 Å². The SMILES string of the molecule is CC(=O)N1CC2(C1)C(=O)N(c1ccc(Cl)cc1F)CC(=O)N2C(C)c1ccc(C(F)(F)F)cc1. The maximum absolute atomic E-state index is 14.6. The van der Waals surface area contributed by atoms with Gasteiger partial charge in [0.15, 0.2) is 5.54 Å². The Morgan fingerprint density at radius 1 is 1.09 bits per heavy atom. The Hall–Kier alpha value is -3.14. The number of anilines is 1. The number of alkyl halides is 3. The van der Waals surface area contributed by atoms with Crippen LogP contribution in [0.2, 0.25) is 5.02 Å². The summed E-state index contributed by atoms with van der Waals surface area (Å²) in [6, 6.07) is 7.28. The van der Waals surface area contributed by atoms with Gasteiger partial charge in [0.1, 0.15) is 12.4 Å². The van der Waals surface area contributed by atoms with Crippen LogP contribution < -0.4 is 4.90 Å². The van der Waals surface area contributed by atoms with Gasteiger partial charge in [-0.2, -0.15) is 13.2 Å². The Balaban J connectivity index is 1.72. The predicted octanol–water partition coefficient (Wildman–Crippen LogP) is 4.04. The fourth-order valence-electron chi connectivity index (χ4n) is 4.55. The molecule has 0 bridgehead atoms. The average molecular weight is 498 g/mol. The molecule has 1 spiro atoms. The van der Waals surface area contributed by atoms with Crippen LogP contribution in [-0.2, 0) is 20.6 Å². The summed E-state index contributed by atoms with van der Waals surface area (Å²) < 4.78 is 53.5. The highest BCUT2D eigenvalue weighted by Gasteiger charge is 2.61. The molecule has 2 aliphatic rings. The fourth-order valence-corrected chi connectivity index (χ4v) is 4.71. The molecule has 2 aromatic carbocycles. The van der Waals surface area contributed by atoms with Crippen LogP contribution in [-0.4, -0.2) is 52.7 Å². The van der Waals surface area contributed by atoms with Crippen LogP contribution in [0.3, 0.4) is 0 Å². The van der Waals surface area contributed by atoms with Crippen LogP contribution in [0.25, 0.3) is 0 Å². The smallest absolute Gasteiger partial charge is 0.337 e. The van der Waals surface area contributed by atoms with Gasteiger partial charge in [-0.1, -0.05) is 23.7 Å². The van der Waals surface area contributed by atoms with Gasteiger partial charge in [0.05, 0.1) is 30.4 Å². The second-order valence-electron chi connectivity index (χ2n) is 8.45. The van der Waals surface area contributed by atoms with Gasteiger partial charge in [0.2, 0.25) is 11.8 Å². The number of amides is 3. The summed E-state index contributed by atoms with van der Waals surface area (Å²) in [6.07, 6.45) is -4.51. The van der Waals surface area contributed by atoms with E-state index in [4.69, 9.17) is 11.6 Å². The van der Waals surface area contributed by atoms with E-state index < -0.39 is 47.5 Å². The zero-order valence-electron chi connectivity index (χ0n) is 18.2. The number of carbonyl (C=O) groups excluding carboxylic acids is 3. The van der Waals surface area contributed by atoms with E-state index in [9.17, 15) is 31.9 Å². The number of halogens is 5. The lowest BCUT2D eigenvalue weighted by Crippen LogP contribution is -2.81. The van der Waals surface area contributed by atoms with Crippen molar-refractivity contribution in [1.29, 1.82) is 0 Å². The summed E-state index contributed by atoms with van der Waals surface area (Å²) >= 11 is 5.81. The molecule has 6 nitrogen and oxygen atoms in total. The first-order chi connectivity index (χ1) is 15.8. The van der Waals surface area contributed by atoms with E-state index in [1.807, 2.05) is 0 Å². The number of carbonyl (C=O) groups is 3. The van der Waals surface area contributed by atoms with Crippen molar-refractivity contribution in [2.75, 3.05) is 24.5 Å². The molecular formula is C23H20ClF4N3O3. The van der Waals surface area contributed by atoms with Crippen LogP contribution in [0, 0.1) is 5.82 Å². The fraction of sp³-hybridized carbons (Fsp3) is 0.348. The van der Waals surface area contributed by atoms with Gasteiger partial charge >= 0.3 is 6.18 Å². The second-order valence-corrected chi connectivity index (χ2v) is 8.89. The third-order valence-corrected chi connectivity index (χ3v) is 6.56. The minimum absolute atomic E-state index is 0.108. The largest absolute Gasteiger partial charge is 0.416 e. The first-order valence-electron chi connectivity index (χ1n) is 10.4. The molecule has 0 N–H and O–H groups in total. The number of benzene rings is 2. The summed E-state index contributed by atoms with van der Waals surface area (Å²) in [4.78, 5) is 42.6. The summed E-state index contributed by atoms with van der Waals surface area (Å²) in [7, 11) is 0. The Bertz CT molecular complexity index is 1160. The Kier molecular flexibility index (Phi) is 5.83. The van der Waals surface area contributed by atoms with E-state index in [1.165, 1.54) is 41.0 Å². The predicted molar refractivity (Wildman–Crippen MR) is 115 cm³/mol. The molecule has 1 unspecified atom stereocenters. The molecule has 0 saturated carbocycles. The van der Waals surface area contributed by atoms with Crippen LogP contribution in [0.5, 0.6) is 0 Å².